The van der Waals surface area contributed by atoms with Gasteiger partial charge in [-0.1, -0.05) is 66.7 Å². The molecule has 4 nitrogen and oxygen atoms in total. The largest absolute Gasteiger partial charge is 0.316 e. The van der Waals surface area contributed by atoms with Gasteiger partial charge in [-0.05, 0) is 30.3 Å². The van der Waals surface area contributed by atoms with E-state index in [2.05, 4.69) is 56.4 Å². The van der Waals surface area contributed by atoms with Crippen LogP contribution in [0.4, 0.5) is 5.69 Å². The second-order valence-electron chi connectivity index (χ2n) is 7.63. The number of benzene rings is 4. The van der Waals surface area contributed by atoms with Crippen LogP contribution < -0.4 is 0 Å². The fraction of sp³-hybridized carbons (Fsp3) is 0. The SMILES string of the molecule is [C-]#[N+]c1cccc(C#N)c1-n1c2ccccc2c2c1c1ccccc1n2-c1ccccc1. The van der Waals surface area contributed by atoms with Crippen molar-refractivity contribution in [3.8, 4) is 17.4 Å². The van der Waals surface area contributed by atoms with Crippen molar-refractivity contribution in [2.75, 3.05) is 0 Å². The molecule has 0 bridgehead atoms. The van der Waals surface area contributed by atoms with E-state index in [4.69, 9.17) is 6.57 Å². The van der Waals surface area contributed by atoms with Crippen LogP contribution in [0.15, 0.2) is 97.1 Å². The molecule has 148 valence electrons. The molecule has 0 saturated heterocycles. The van der Waals surface area contributed by atoms with Crippen LogP contribution in [0, 0.1) is 17.9 Å². The van der Waals surface area contributed by atoms with E-state index in [1.54, 1.807) is 18.2 Å². The van der Waals surface area contributed by atoms with Crippen LogP contribution in [-0.4, -0.2) is 9.13 Å². The highest BCUT2D eigenvalue weighted by Crippen LogP contribution is 2.42. The minimum atomic E-state index is 0.461. The molecule has 2 heterocycles. The summed E-state index contributed by atoms with van der Waals surface area (Å²) in [6.45, 7) is 7.77. The zero-order chi connectivity index (χ0) is 21.7. The molecular weight excluding hydrogens is 392 g/mol. The molecule has 0 aliphatic rings. The van der Waals surface area contributed by atoms with Gasteiger partial charge in [-0.25, -0.2) is 4.85 Å². The van der Waals surface area contributed by atoms with Gasteiger partial charge in [0.25, 0.3) is 0 Å². The van der Waals surface area contributed by atoms with Gasteiger partial charge in [-0.2, -0.15) is 5.26 Å². The number of fused-ring (bicyclic) bond motifs is 5. The molecule has 0 N–H and O–H groups in total. The zero-order valence-corrected chi connectivity index (χ0v) is 17.0. The Hall–Kier alpha value is -4.80. The van der Waals surface area contributed by atoms with Gasteiger partial charge in [0.05, 0.1) is 46.0 Å². The normalized spacial score (nSPS) is 11.1. The number of hydrogen-bond acceptors (Lipinski definition) is 1. The highest BCUT2D eigenvalue weighted by Gasteiger charge is 2.23. The summed E-state index contributed by atoms with van der Waals surface area (Å²) in [5.41, 5.74) is 6.77. The molecule has 2 aromatic heterocycles. The molecule has 6 rings (SSSR count). The Morgan fingerprint density at radius 3 is 1.91 bits per heavy atom. The Balaban J connectivity index is 1.93. The zero-order valence-electron chi connectivity index (χ0n) is 17.0. The molecule has 0 saturated carbocycles. The lowest BCUT2D eigenvalue weighted by atomic mass is 10.1. The maximum absolute atomic E-state index is 9.91. The Kier molecular flexibility index (Phi) is 3.87. The van der Waals surface area contributed by atoms with Gasteiger partial charge in [-0.3, -0.25) is 0 Å². The lowest BCUT2D eigenvalue weighted by molar-refractivity contribution is 1.17. The predicted molar refractivity (Wildman–Crippen MR) is 129 cm³/mol. The van der Waals surface area contributed by atoms with Crippen LogP contribution >= 0.6 is 0 Å². The average Bonchev–Trinajstić information content (AvgIpc) is 3.37. The first-order valence-electron chi connectivity index (χ1n) is 10.3. The van der Waals surface area contributed by atoms with Gasteiger partial charge in [0.2, 0.25) is 5.69 Å². The average molecular weight is 408 g/mol. The summed E-state index contributed by atoms with van der Waals surface area (Å²) >= 11 is 0. The van der Waals surface area contributed by atoms with Crippen LogP contribution in [0.3, 0.4) is 0 Å². The molecule has 0 aliphatic heterocycles. The van der Waals surface area contributed by atoms with E-state index in [-0.39, 0.29) is 0 Å². The topological polar surface area (TPSA) is 38.0 Å². The molecule has 4 heteroatoms. The summed E-state index contributed by atoms with van der Waals surface area (Å²) < 4.78 is 4.37. The number of rotatable bonds is 2. The van der Waals surface area contributed by atoms with E-state index in [9.17, 15) is 5.26 Å². The van der Waals surface area contributed by atoms with E-state index >= 15 is 0 Å². The van der Waals surface area contributed by atoms with Crippen LogP contribution in [0.1, 0.15) is 5.56 Å². The molecule has 0 fully saturated rings. The molecule has 0 unspecified atom stereocenters. The smallest absolute Gasteiger partial charge is 0.211 e. The quantitative estimate of drug-likeness (QED) is 0.280. The molecular formula is C28H16N4. The summed E-state index contributed by atoms with van der Waals surface area (Å²) in [6, 6.07) is 34.4. The monoisotopic (exact) mass is 408 g/mol. The fourth-order valence-corrected chi connectivity index (χ4v) is 4.71. The first kappa shape index (κ1) is 18.0. The third-order valence-electron chi connectivity index (χ3n) is 5.97. The Bertz CT molecular complexity index is 1700. The summed E-state index contributed by atoms with van der Waals surface area (Å²) in [6.07, 6.45) is 0. The maximum atomic E-state index is 9.91. The van der Waals surface area contributed by atoms with Gasteiger partial charge < -0.3 is 9.13 Å². The van der Waals surface area contributed by atoms with Crippen molar-refractivity contribution >= 4 is 38.5 Å². The van der Waals surface area contributed by atoms with Crippen molar-refractivity contribution in [2.45, 2.75) is 0 Å². The van der Waals surface area contributed by atoms with E-state index in [1.165, 1.54) is 0 Å². The summed E-state index contributed by atoms with van der Waals surface area (Å²) in [4.78, 5) is 3.77. The third kappa shape index (κ3) is 2.35. The van der Waals surface area contributed by atoms with E-state index in [0.717, 1.165) is 38.5 Å². The number of para-hydroxylation sites is 4. The second kappa shape index (κ2) is 6.87. The number of nitrogens with zero attached hydrogens (tertiary/aromatic N) is 4. The highest BCUT2D eigenvalue weighted by molar-refractivity contribution is 6.20. The number of nitriles is 1. The molecule has 6 aromatic rings. The van der Waals surface area contributed by atoms with Crippen LogP contribution in [0.2, 0.25) is 0 Å². The standard InChI is InChI=1S/C28H16N4/c1-30-23-15-9-10-19(18-29)26(23)32-25-17-8-6-14-22(25)27-28(32)21-13-5-7-16-24(21)31(27)20-11-3-2-4-12-20/h2-17H. The molecule has 0 radical (unpaired) electrons. The highest BCUT2D eigenvalue weighted by atomic mass is 15.1. The van der Waals surface area contributed by atoms with Crippen LogP contribution in [0.5, 0.6) is 0 Å². The Labute approximate surface area is 184 Å². The van der Waals surface area contributed by atoms with Crippen LogP contribution in [-0.2, 0) is 0 Å². The fourth-order valence-electron chi connectivity index (χ4n) is 4.71. The second-order valence-corrected chi connectivity index (χ2v) is 7.63. The first-order valence-corrected chi connectivity index (χ1v) is 10.3. The number of aromatic nitrogens is 2. The lowest BCUT2D eigenvalue weighted by Crippen LogP contribution is -1.97. The van der Waals surface area contributed by atoms with Crippen molar-refractivity contribution in [1.82, 2.24) is 9.13 Å². The Morgan fingerprint density at radius 1 is 0.656 bits per heavy atom. The number of hydrogen-bond donors (Lipinski definition) is 0. The molecule has 0 aliphatic carbocycles. The van der Waals surface area contributed by atoms with Gasteiger partial charge in [0.15, 0.2) is 0 Å². The van der Waals surface area contributed by atoms with Crippen molar-refractivity contribution in [3.63, 3.8) is 0 Å². The molecule has 0 atom stereocenters. The summed E-state index contributed by atoms with van der Waals surface area (Å²) in [5, 5.41) is 12.1. The van der Waals surface area contributed by atoms with Gasteiger partial charge in [0.1, 0.15) is 0 Å². The van der Waals surface area contributed by atoms with Gasteiger partial charge in [0, 0.05) is 16.5 Å². The molecule has 32 heavy (non-hydrogen) atoms. The minimum absolute atomic E-state index is 0.461. The van der Waals surface area contributed by atoms with Crippen molar-refractivity contribution in [2.24, 2.45) is 0 Å². The molecule has 0 amide bonds. The summed E-state index contributed by atoms with van der Waals surface area (Å²) in [7, 11) is 0. The first-order chi connectivity index (χ1) is 15.8. The summed E-state index contributed by atoms with van der Waals surface area (Å²) in [5.74, 6) is 0. The van der Waals surface area contributed by atoms with E-state index < -0.39 is 0 Å². The van der Waals surface area contributed by atoms with E-state index in [0.29, 0.717) is 16.9 Å². The van der Waals surface area contributed by atoms with Crippen LogP contribution in [0.25, 0.3) is 49.1 Å². The van der Waals surface area contributed by atoms with E-state index in [1.807, 2.05) is 42.5 Å². The van der Waals surface area contributed by atoms with Crippen molar-refractivity contribution < 1.29 is 0 Å². The van der Waals surface area contributed by atoms with Gasteiger partial charge in [-0.15, -0.1) is 0 Å². The Morgan fingerprint density at radius 2 is 1.25 bits per heavy atom. The molecule has 0 spiro atoms. The van der Waals surface area contributed by atoms with Gasteiger partial charge >= 0.3 is 0 Å². The predicted octanol–water partition coefficient (Wildman–Crippen LogP) is 7.15. The maximum Gasteiger partial charge on any atom is 0.211 e. The lowest BCUT2D eigenvalue weighted by Gasteiger charge is -2.12. The molecule has 4 aromatic carbocycles. The third-order valence-corrected chi connectivity index (χ3v) is 5.97. The minimum Gasteiger partial charge on any atom is -0.316 e. The van der Waals surface area contributed by atoms with Crippen molar-refractivity contribution in [3.05, 3.63) is 114 Å². The van der Waals surface area contributed by atoms with Crippen molar-refractivity contribution in [1.29, 1.82) is 5.26 Å².